The number of hydrogen-bond acceptors (Lipinski definition) is 14. The predicted octanol–water partition coefficient (Wildman–Crippen LogP) is 4.30. The second kappa shape index (κ2) is 28.3. The summed E-state index contributed by atoms with van der Waals surface area (Å²) in [5.74, 6) is -4.70. The smallest absolute Gasteiger partial charge is 0.354 e. The molecule has 3 atom stereocenters. The van der Waals surface area contributed by atoms with Gasteiger partial charge >= 0.3 is 22.8 Å². The number of nitrogens with one attached hydrogen (secondary N) is 4. The second-order valence-corrected chi connectivity index (χ2v) is 21.4. The number of para-hydroxylation sites is 3. The number of benzene rings is 3. The van der Waals surface area contributed by atoms with Crippen LogP contribution in [0.15, 0.2) is 91.1 Å². The maximum atomic E-state index is 14.2. The van der Waals surface area contributed by atoms with Gasteiger partial charge in [-0.1, -0.05) is 54.6 Å². The van der Waals surface area contributed by atoms with Gasteiger partial charge in [-0.15, -0.1) is 0 Å². The number of carbonyl (C=O) groups excluding carboxylic acids is 5. The maximum absolute atomic E-state index is 14.2. The van der Waals surface area contributed by atoms with Crippen molar-refractivity contribution in [2.24, 2.45) is 0 Å². The Balaban J connectivity index is 1.29. The van der Waals surface area contributed by atoms with Gasteiger partial charge in [0.2, 0.25) is 17.7 Å². The van der Waals surface area contributed by atoms with Gasteiger partial charge in [0.25, 0.3) is 11.8 Å². The molecule has 0 aliphatic heterocycles. The van der Waals surface area contributed by atoms with E-state index in [-0.39, 0.29) is 55.6 Å². The third-order valence-electron chi connectivity index (χ3n) is 9.83. The average Bonchev–Trinajstić information content (AvgIpc) is 3.72. The molecular weight excluding hydrogens is 965 g/mol. The van der Waals surface area contributed by atoms with Crippen molar-refractivity contribution in [1.29, 1.82) is 0 Å². The fraction of sp³-hybridized carbons (Fsp3) is 0.419. The normalized spacial score (nSPS) is 13.6. The van der Waals surface area contributed by atoms with Crippen LogP contribution in [0.4, 0.5) is 0 Å². The zero-order chi connectivity index (χ0) is 50.3. The van der Waals surface area contributed by atoms with Crippen LogP contribution in [0.2, 0.25) is 0 Å². The Kier molecular flexibility index (Phi) is 23.0. The van der Waals surface area contributed by atoms with Crippen molar-refractivity contribution in [3.05, 3.63) is 96.7 Å². The van der Waals surface area contributed by atoms with Gasteiger partial charge in [-0.3, -0.25) is 52.6 Å². The van der Waals surface area contributed by atoms with Crippen LogP contribution in [0, 0.1) is 0 Å². The molecule has 0 saturated carbocycles. The van der Waals surface area contributed by atoms with Crippen LogP contribution in [0.25, 0.3) is 10.9 Å². The van der Waals surface area contributed by atoms with Crippen LogP contribution in [-0.4, -0.2) is 134 Å². The molecular formula is C43H59N6O17P3. The lowest BCUT2D eigenvalue weighted by Crippen LogP contribution is -2.39. The number of amides is 5. The highest BCUT2D eigenvalue weighted by Crippen LogP contribution is 2.65. The number of rotatable bonds is 32. The van der Waals surface area contributed by atoms with E-state index in [0.717, 1.165) is 10.9 Å². The molecule has 4 aromatic rings. The zero-order valence-electron chi connectivity index (χ0n) is 37.6. The fourth-order valence-electron chi connectivity index (χ4n) is 6.32. The van der Waals surface area contributed by atoms with Gasteiger partial charge in [0.05, 0.1) is 51.6 Å². The first-order valence-electron chi connectivity index (χ1n) is 21.9. The van der Waals surface area contributed by atoms with Crippen LogP contribution in [0.1, 0.15) is 50.5 Å². The minimum atomic E-state index is -5.44. The molecule has 9 N–H and O–H groups in total. The van der Waals surface area contributed by atoms with Crippen LogP contribution in [0.3, 0.4) is 0 Å². The minimum absolute atomic E-state index is 0.0161. The first-order valence-corrected chi connectivity index (χ1v) is 27.0. The number of aromatic amines is 1. The zero-order valence-corrected chi connectivity index (χ0v) is 40.3. The molecule has 0 radical (unpaired) electrons. The van der Waals surface area contributed by atoms with Crippen LogP contribution in [0.5, 0.6) is 11.5 Å². The summed E-state index contributed by atoms with van der Waals surface area (Å²) < 4.78 is 61.6. The molecule has 3 unspecified atom stereocenters. The van der Waals surface area contributed by atoms with E-state index >= 15 is 0 Å². The number of hydrogen-bond donors (Lipinski definition) is 9. The molecule has 0 fully saturated rings. The number of hydroxylamine groups is 4. The summed E-state index contributed by atoms with van der Waals surface area (Å²) in [6.45, 7) is -2.45. The van der Waals surface area contributed by atoms with E-state index < -0.39 is 110 Å². The molecule has 378 valence electrons. The van der Waals surface area contributed by atoms with Gasteiger partial charge in [0.15, 0.2) is 5.85 Å². The van der Waals surface area contributed by atoms with Crippen molar-refractivity contribution < 1.29 is 81.1 Å². The van der Waals surface area contributed by atoms with Crippen molar-refractivity contribution in [2.45, 2.75) is 57.2 Å². The first-order chi connectivity index (χ1) is 32.8. The van der Waals surface area contributed by atoms with Crippen LogP contribution < -0.4 is 25.4 Å². The standard InChI is InChI=1S/C43H59N6O17P3/c50-38(19-9-25-63-34-13-3-1-4-14-34)46-31-41(53)48(55)23-12-27-67(57,58)66-68(59,28-11-22-44-40(52)29-33-30-45-37-18-8-7-17-36(33)37)65-43(69(60,61)62)21-24-49(56)42(54)32-47-39(51)20-10-26-64-35-15-5-2-6-16-35/h1-8,13-18,30,43,45,55-56H,9-12,19-29,31-32H2,(H,44,52)(H,46,50)(H,47,51)(H,57,58)(H2,60,61,62). The van der Waals surface area contributed by atoms with Crippen molar-refractivity contribution in [3.8, 4) is 11.5 Å². The van der Waals surface area contributed by atoms with Gasteiger partial charge < -0.3 is 45.1 Å². The van der Waals surface area contributed by atoms with E-state index in [2.05, 4.69) is 20.9 Å². The molecule has 4 rings (SSSR count). The Labute approximate surface area is 398 Å². The number of ether oxygens (including phenoxy) is 2. The summed E-state index contributed by atoms with van der Waals surface area (Å²) in [5.41, 5.74) is 1.49. The highest BCUT2D eigenvalue weighted by molar-refractivity contribution is 7.67. The summed E-state index contributed by atoms with van der Waals surface area (Å²) in [5, 5.41) is 28.9. The van der Waals surface area contributed by atoms with Gasteiger partial charge in [-0.05, 0) is 61.6 Å². The van der Waals surface area contributed by atoms with Crippen molar-refractivity contribution in [1.82, 2.24) is 31.1 Å². The number of fused-ring (bicyclic) bond motifs is 1. The number of aromatic nitrogens is 1. The topological polar surface area (TPSA) is 333 Å². The fourth-order valence-corrected chi connectivity index (χ4v) is 11.7. The van der Waals surface area contributed by atoms with Crippen molar-refractivity contribution in [2.75, 3.05) is 58.3 Å². The number of nitrogens with zero attached hydrogens (tertiary/aromatic N) is 2. The van der Waals surface area contributed by atoms with Gasteiger partial charge in [0, 0.05) is 49.5 Å². The molecule has 23 nitrogen and oxygen atoms in total. The quantitative estimate of drug-likeness (QED) is 0.0142. The summed E-state index contributed by atoms with van der Waals surface area (Å²) >= 11 is 0. The Morgan fingerprint density at radius 1 is 0.638 bits per heavy atom. The van der Waals surface area contributed by atoms with E-state index in [4.69, 9.17) is 18.3 Å². The lowest BCUT2D eigenvalue weighted by molar-refractivity contribution is -0.165. The van der Waals surface area contributed by atoms with E-state index in [9.17, 15) is 62.8 Å². The highest BCUT2D eigenvalue weighted by Gasteiger charge is 2.42. The number of carbonyl (C=O) groups is 5. The molecule has 26 heteroatoms. The third-order valence-corrected chi connectivity index (χ3v) is 15.5. The molecule has 1 heterocycles. The van der Waals surface area contributed by atoms with E-state index in [1.54, 1.807) is 60.8 Å². The van der Waals surface area contributed by atoms with E-state index in [1.165, 1.54) is 0 Å². The third kappa shape index (κ3) is 21.4. The second-order valence-electron chi connectivity index (χ2n) is 15.4. The SMILES string of the molecule is O=C(CCCOc1ccccc1)NCC(=O)N(O)CCCP(=O)(O)OP(=O)(CCCNC(=O)Cc1c[nH]c2ccccc12)OC(CCN(O)C(=O)CNC(=O)CCCOc1ccccc1)P(=O)(O)O. The molecule has 0 saturated heterocycles. The van der Waals surface area contributed by atoms with Gasteiger partial charge in [-0.25, -0.2) is 14.4 Å². The molecule has 1 aromatic heterocycles. The molecule has 0 bridgehead atoms. The summed E-state index contributed by atoms with van der Waals surface area (Å²) in [6.07, 6.45) is -0.979. The first kappa shape index (κ1) is 56.2. The monoisotopic (exact) mass is 1020 g/mol. The molecule has 0 spiro atoms. The van der Waals surface area contributed by atoms with Crippen molar-refractivity contribution >= 4 is 63.2 Å². The molecule has 0 aliphatic carbocycles. The molecule has 0 aliphatic rings. The summed E-state index contributed by atoms with van der Waals surface area (Å²) in [6, 6.07) is 25.0. The average molecular weight is 1020 g/mol. The Morgan fingerprint density at radius 2 is 1.17 bits per heavy atom. The Hall–Kier alpha value is -5.44. The lowest BCUT2D eigenvalue weighted by atomic mass is 10.1. The van der Waals surface area contributed by atoms with Gasteiger partial charge in [-0.2, -0.15) is 0 Å². The molecule has 5 amide bonds. The summed E-state index contributed by atoms with van der Waals surface area (Å²) in [7, 11) is -15.5. The Bertz CT molecular complexity index is 2420. The van der Waals surface area contributed by atoms with Gasteiger partial charge in [0.1, 0.15) is 11.5 Å². The van der Waals surface area contributed by atoms with Crippen LogP contribution >= 0.6 is 22.8 Å². The van der Waals surface area contributed by atoms with Crippen molar-refractivity contribution in [3.63, 3.8) is 0 Å². The summed E-state index contributed by atoms with van der Waals surface area (Å²) in [4.78, 5) is 96.5. The predicted molar refractivity (Wildman–Crippen MR) is 249 cm³/mol. The van der Waals surface area contributed by atoms with E-state index in [0.29, 0.717) is 29.9 Å². The molecule has 3 aromatic carbocycles. The maximum Gasteiger partial charge on any atom is 0.354 e. The number of H-pyrrole nitrogens is 1. The highest BCUT2D eigenvalue weighted by atomic mass is 31.3. The largest absolute Gasteiger partial charge is 0.494 e. The molecule has 69 heavy (non-hydrogen) atoms. The van der Waals surface area contributed by atoms with E-state index in [1.807, 2.05) is 30.3 Å². The lowest BCUT2D eigenvalue weighted by Gasteiger charge is -2.27. The minimum Gasteiger partial charge on any atom is -0.494 e. The Morgan fingerprint density at radius 3 is 1.74 bits per heavy atom. The van der Waals surface area contributed by atoms with Crippen LogP contribution in [-0.2, 0) is 52.9 Å².